The van der Waals surface area contributed by atoms with Gasteiger partial charge in [-0.25, -0.2) is 4.79 Å². The lowest BCUT2D eigenvalue weighted by molar-refractivity contribution is -0.142. The molecule has 0 aliphatic heterocycles. The van der Waals surface area contributed by atoms with Crippen LogP contribution in [0.15, 0.2) is 25.3 Å². The van der Waals surface area contributed by atoms with Gasteiger partial charge in [0.1, 0.15) is 6.61 Å². The van der Waals surface area contributed by atoms with E-state index in [1.54, 1.807) is 6.08 Å². The summed E-state index contributed by atoms with van der Waals surface area (Å²) in [6, 6.07) is 0. The fourth-order valence-corrected chi connectivity index (χ4v) is 0.920. The van der Waals surface area contributed by atoms with Gasteiger partial charge in [0.15, 0.2) is 0 Å². The predicted octanol–water partition coefficient (Wildman–Crippen LogP) is 2.94. The van der Waals surface area contributed by atoms with Gasteiger partial charge in [-0.05, 0) is 6.42 Å². The van der Waals surface area contributed by atoms with Gasteiger partial charge < -0.3 is 9.84 Å². The van der Waals surface area contributed by atoms with E-state index in [0.29, 0.717) is 13.0 Å². The second-order valence-corrected chi connectivity index (χ2v) is 3.32. The number of carbonyl (C=O) groups is 2. The Kier molecular flexibility index (Phi) is 15.1. The molecule has 0 heterocycles. The van der Waals surface area contributed by atoms with Gasteiger partial charge >= 0.3 is 11.9 Å². The first-order valence-corrected chi connectivity index (χ1v) is 5.70. The first-order valence-electron chi connectivity index (χ1n) is 5.70. The minimum absolute atomic E-state index is 0.106. The quantitative estimate of drug-likeness (QED) is 0.307. The van der Waals surface area contributed by atoms with Gasteiger partial charge in [0.05, 0.1) is 0 Å². The molecule has 0 bridgehead atoms. The molecule has 0 unspecified atom stereocenters. The van der Waals surface area contributed by atoms with Crippen molar-refractivity contribution in [3.05, 3.63) is 25.3 Å². The molecule has 98 valence electrons. The molecule has 0 atom stereocenters. The molecule has 0 aromatic heterocycles. The van der Waals surface area contributed by atoms with Gasteiger partial charge in [-0.3, -0.25) is 4.79 Å². The SMILES string of the molecule is C=CC(=O)O.C=CCOC(=O)CCCCCC. The molecule has 0 aromatic rings. The molecular formula is C13H22O4. The normalized spacial score (nSPS) is 8.53. The lowest BCUT2D eigenvalue weighted by Crippen LogP contribution is -2.03. The monoisotopic (exact) mass is 242 g/mol. The number of carboxylic acid groups (broad SMARTS) is 1. The van der Waals surface area contributed by atoms with Crippen LogP contribution in [0.4, 0.5) is 0 Å². The molecule has 0 aliphatic carbocycles. The second kappa shape index (κ2) is 14.4. The molecule has 17 heavy (non-hydrogen) atoms. The van der Waals surface area contributed by atoms with Gasteiger partial charge in [0.2, 0.25) is 0 Å². The van der Waals surface area contributed by atoms with Crippen LogP contribution in [-0.2, 0) is 14.3 Å². The van der Waals surface area contributed by atoms with Crippen molar-refractivity contribution in [3.8, 4) is 0 Å². The molecule has 0 amide bonds. The third-order valence-corrected chi connectivity index (χ3v) is 1.77. The van der Waals surface area contributed by atoms with Crippen molar-refractivity contribution in [2.24, 2.45) is 0 Å². The van der Waals surface area contributed by atoms with Crippen molar-refractivity contribution in [2.45, 2.75) is 39.0 Å². The van der Waals surface area contributed by atoms with Gasteiger partial charge in [0.25, 0.3) is 0 Å². The van der Waals surface area contributed by atoms with Gasteiger partial charge in [-0.2, -0.15) is 0 Å². The maximum absolute atomic E-state index is 10.9. The Morgan fingerprint density at radius 2 is 1.82 bits per heavy atom. The summed E-state index contributed by atoms with van der Waals surface area (Å²) < 4.78 is 4.81. The van der Waals surface area contributed by atoms with Crippen LogP contribution < -0.4 is 0 Å². The average Bonchev–Trinajstić information content (AvgIpc) is 2.32. The maximum atomic E-state index is 10.9. The summed E-state index contributed by atoms with van der Waals surface area (Å²) in [7, 11) is 0. The number of esters is 1. The Labute approximate surface area is 103 Å². The van der Waals surface area contributed by atoms with Gasteiger partial charge in [-0.1, -0.05) is 45.4 Å². The molecule has 1 N–H and O–H groups in total. The topological polar surface area (TPSA) is 63.6 Å². The number of hydrogen-bond acceptors (Lipinski definition) is 3. The highest BCUT2D eigenvalue weighted by molar-refractivity contribution is 5.78. The van der Waals surface area contributed by atoms with Gasteiger partial charge in [0, 0.05) is 12.5 Å². The van der Waals surface area contributed by atoms with E-state index in [0.717, 1.165) is 18.9 Å². The first-order chi connectivity index (χ1) is 8.08. The van der Waals surface area contributed by atoms with Crippen LogP contribution in [-0.4, -0.2) is 23.7 Å². The van der Waals surface area contributed by atoms with Crippen molar-refractivity contribution >= 4 is 11.9 Å². The Morgan fingerprint density at radius 3 is 2.24 bits per heavy atom. The van der Waals surface area contributed by atoms with Crippen LogP contribution in [0, 0.1) is 0 Å². The lowest BCUT2D eigenvalue weighted by Gasteiger charge is -2.00. The minimum Gasteiger partial charge on any atom is -0.478 e. The molecule has 4 heteroatoms. The number of rotatable bonds is 8. The summed E-state index contributed by atoms with van der Waals surface area (Å²) in [4.78, 5) is 20.1. The highest BCUT2D eigenvalue weighted by atomic mass is 16.5. The molecule has 0 rings (SSSR count). The van der Waals surface area contributed by atoms with E-state index in [1.165, 1.54) is 12.8 Å². The van der Waals surface area contributed by atoms with Crippen molar-refractivity contribution < 1.29 is 19.4 Å². The zero-order valence-corrected chi connectivity index (χ0v) is 10.5. The second-order valence-electron chi connectivity index (χ2n) is 3.32. The summed E-state index contributed by atoms with van der Waals surface area (Å²) in [5.74, 6) is -1.09. The van der Waals surface area contributed by atoms with E-state index >= 15 is 0 Å². The number of ether oxygens (including phenoxy) is 1. The standard InChI is InChI=1S/C10H18O2.C3H4O2/c1-3-5-6-7-8-10(11)12-9-4-2;1-2-3(4)5/h4H,2-3,5-9H2,1H3;2H,1H2,(H,4,5). The minimum atomic E-state index is -0.981. The van der Waals surface area contributed by atoms with Crippen LogP contribution >= 0.6 is 0 Å². The average molecular weight is 242 g/mol. The summed E-state index contributed by atoms with van der Waals surface area (Å²) in [6.07, 6.45) is 7.44. The number of carboxylic acids is 1. The Balaban J connectivity index is 0. The molecule has 4 nitrogen and oxygen atoms in total. The zero-order valence-electron chi connectivity index (χ0n) is 10.5. The smallest absolute Gasteiger partial charge is 0.327 e. The highest BCUT2D eigenvalue weighted by Crippen LogP contribution is 2.03. The molecule has 0 aliphatic rings. The number of hydrogen-bond donors (Lipinski definition) is 1. The predicted molar refractivity (Wildman–Crippen MR) is 67.7 cm³/mol. The highest BCUT2D eigenvalue weighted by Gasteiger charge is 1.99. The summed E-state index contributed by atoms with van der Waals surface area (Å²) in [5.41, 5.74) is 0. The number of aliphatic carboxylic acids is 1. The van der Waals surface area contributed by atoms with Crippen LogP contribution in [0.5, 0.6) is 0 Å². The van der Waals surface area contributed by atoms with E-state index in [2.05, 4.69) is 20.1 Å². The van der Waals surface area contributed by atoms with Crippen molar-refractivity contribution in [1.29, 1.82) is 0 Å². The van der Waals surface area contributed by atoms with E-state index in [-0.39, 0.29) is 5.97 Å². The van der Waals surface area contributed by atoms with Crippen molar-refractivity contribution in [3.63, 3.8) is 0 Å². The maximum Gasteiger partial charge on any atom is 0.327 e. The fourth-order valence-electron chi connectivity index (χ4n) is 0.920. The van der Waals surface area contributed by atoms with Crippen LogP contribution in [0.2, 0.25) is 0 Å². The van der Waals surface area contributed by atoms with Crippen LogP contribution in [0.25, 0.3) is 0 Å². The molecule has 0 saturated heterocycles. The summed E-state index contributed by atoms with van der Waals surface area (Å²) >= 11 is 0. The fraction of sp³-hybridized carbons (Fsp3) is 0.538. The van der Waals surface area contributed by atoms with E-state index in [1.807, 2.05) is 0 Å². The number of carbonyl (C=O) groups excluding carboxylic acids is 1. The van der Waals surface area contributed by atoms with Crippen molar-refractivity contribution in [1.82, 2.24) is 0 Å². The summed E-state index contributed by atoms with van der Waals surface area (Å²) in [5, 5.41) is 7.60. The van der Waals surface area contributed by atoms with Gasteiger partial charge in [-0.15, -0.1) is 0 Å². The van der Waals surface area contributed by atoms with E-state index in [4.69, 9.17) is 9.84 Å². The third-order valence-electron chi connectivity index (χ3n) is 1.77. The Hall–Kier alpha value is -1.58. The Morgan fingerprint density at radius 1 is 1.24 bits per heavy atom. The molecule has 0 radical (unpaired) electrons. The molecule has 0 aromatic carbocycles. The molecular weight excluding hydrogens is 220 g/mol. The number of unbranched alkanes of at least 4 members (excludes halogenated alkanes) is 3. The van der Waals surface area contributed by atoms with Crippen LogP contribution in [0.1, 0.15) is 39.0 Å². The van der Waals surface area contributed by atoms with E-state index < -0.39 is 5.97 Å². The molecule has 0 spiro atoms. The largest absolute Gasteiger partial charge is 0.478 e. The Bertz CT molecular complexity index is 234. The third kappa shape index (κ3) is 20.5. The zero-order chi connectivity index (χ0) is 13.5. The van der Waals surface area contributed by atoms with Crippen LogP contribution in [0.3, 0.4) is 0 Å². The summed E-state index contributed by atoms with van der Waals surface area (Å²) in [6.45, 7) is 8.91. The van der Waals surface area contributed by atoms with Crippen molar-refractivity contribution in [2.75, 3.05) is 6.61 Å². The van der Waals surface area contributed by atoms with E-state index in [9.17, 15) is 9.59 Å². The molecule has 0 fully saturated rings. The lowest BCUT2D eigenvalue weighted by atomic mass is 10.2. The molecule has 0 saturated carbocycles. The first kappa shape index (κ1) is 17.8.